The van der Waals surface area contributed by atoms with Crippen molar-refractivity contribution in [2.75, 3.05) is 44.4 Å². The van der Waals surface area contributed by atoms with Crippen molar-refractivity contribution in [2.24, 2.45) is 0 Å². The number of ether oxygens (including phenoxy) is 1. The smallest absolute Gasteiger partial charge is 0.267 e. The first kappa shape index (κ1) is 21.4. The number of hydrogen-bond acceptors (Lipinski definition) is 5. The summed E-state index contributed by atoms with van der Waals surface area (Å²) in [5, 5.41) is 3.01. The highest BCUT2D eigenvalue weighted by atomic mass is 32.2. The molecule has 0 atom stereocenters. The Morgan fingerprint density at radius 2 is 1.87 bits per heavy atom. The SMILES string of the molecule is O=C(NCC1(c2ccccc2)CCOCC1)c1cc(S(=O)(=O)N2CCSCC2)c[nH]1. The number of thioether (sulfide) groups is 1. The van der Waals surface area contributed by atoms with Crippen LogP contribution in [-0.2, 0) is 20.2 Å². The maximum atomic E-state index is 12.8. The molecule has 9 heteroatoms. The van der Waals surface area contributed by atoms with Crippen LogP contribution in [-0.4, -0.2) is 68.0 Å². The van der Waals surface area contributed by atoms with E-state index in [1.165, 1.54) is 22.1 Å². The summed E-state index contributed by atoms with van der Waals surface area (Å²) in [5.41, 5.74) is 1.27. The quantitative estimate of drug-likeness (QED) is 0.706. The molecule has 2 aliphatic heterocycles. The van der Waals surface area contributed by atoms with E-state index in [1.54, 1.807) is 11.8 Å². The summed E-state index contributed by atoms with van der Waals surface area (Å²) in [4.78, 5) is 15.8. The van der Waals surface area contributed by atoms with E-state index in [-0.39, 0.29) is 21.9 Å². The van der Waals surface area contributed by atoms with Gasteiger partial charge in [-0.05, 0) is 24.5 Å². The first-order valence-corrected chi connectivity index (χ1v) is 12.8. The number of nitrogens with one attached hydrogen (secondary N) is 2. The molecule has 30 heavy (non-hydrogen) atoms. The summed E-state index contributed by atoms with van der Waals surface area (Å²) in [6.45, 7) is 2.79. The van der Waals surface area contributed by atoms with Crippen LogP contribution in [0.15, 0.2) is 47.5 Å². The normalized spacial score (nSPS) is 20.0. The molecule has 4 rings (SSSR count). The van der Waals surface area contributed by atoms with Crippen LogP contribution in [0, 0.1) is 0 Å². The standard InChI is InChI=1S/C21H27N3O4S2/c25-20(19-14-18(15-22-19)30(26,27)24-8-12-29-13-9-24)23-16-21(6-10-28-11-7-21)17-4-2-1-3-5-17/h1-5,14-15,22H,6-13,16H2,(H,23,25). The molecule has 0 unspecified atom stereocenters. The predicted molar refractivity (Wildman–Crippen MR) is 117 cm³/mol. The highest BCUT2D eigenvalue weighted by Crippen LogP contribution is 2.34. The Morgan fingerprint density at radius 1 is 1.17 bits per heavy atom. The Kier molecular flexibility index (Phi) is 6.52. The van der Waals surface area contributed by atoms with Gasteiger partial charge in [0.25, 0.3) is 5.91 Å². The number of rotatable bonds is 6. The van der Waals surface area contributed by atoms with E-state index in [0.29, 0.717) is 32.8 Å². The Morgan fingerprint density at radius 3 is 2.57 bits per heavy atom. The van der Waals surface area contributed by atoms with E-state index in [9.17, 15) is 13.2 Å². The molecule has 1 amide bonds. The third-order valence-electron chi connectivity index (χ3n) is 5.93. The number of hydrogen-bond donors (Lipinski definition) is 2. The van der Waals surface area contributed by atoms with Gasteiger partial charge in [-0.3, -0.25) is 4.79 Å². The lowest BCUT2D eigenvalue weighted by molar-refractivity contribution is 0.0487. The van der Waals surface area contributed by atoms with Crippen molar-refractivity contribution in [1.82, 2.24) is 14.6 Å². The van der Waals surface area contributed by atoms with Crippen LogP contribution in [0.3, 0.4) is 0 Å². The zero-order valence-corrected chi connectivity index (χ0v) is 18.4. The molecule has 0 bridgehead atoms. The molecule has 1 aromatic heterocycles. The number of nitrogens with zero attached hydrogens (tertiary/aromatic N) is 1. The fourth-order valence-electron chi connectivity index (χ4n) is 4.06. The van der Waals surface area contributed by atoms with Crippen LogP contribution in [0.4, 0.5) is 0 Å². The van der Waals surface area contributed by atoms with E-state index in [4.69, 9.17) is 4.74 Å². The van der Waals surface area contributed by atoms with Gasteiger partial charge in [0.1, 0.15) is 10.6 Å². The average Bonchev–Trinajstić information content (AvgIpc) is 3.31. The van der Waals surface area contributed by atoms with Crippen LogP contribution in [0.2, 0.25) is 0 Å². The first-order chi connectivity index (χ1) is 14.5. The van der Waals surface area contributed by atoms with E-state index >= 15 is 0 Å². The summed E-state index contributed by atoms with van der Waals surface area (Å²) < 4.78 is 32.7. The van der Waals surface area contributed by atoms with Gasteiger partial charge in [-0.1, -0.05) is 30.3 Å². The van der Waals surface area contributed by atoms with Crippen molar-refractivity contribution < 1.29 is 17.9 Å². The van der Waals surface area contributed by atoms with Gasteiger partial charge in [0.05, 0.1) is 0 Å². The minimum atomic E-state index is -3.57. The second-order valence-corrected chi connectivity index (χ2v) is 10.9. The van der Waals surface area contributed by atoms with E-state index in [0.717, 1.165) is 24.3 Å². The molecule has 2 N–H and O–H groups in total. The summed E-state index contributed by atoms with van der Waals surface area (Å²) in [5.74, 6) is 1.29. The number of sulfonamides is 1. The Balaban J connectivity index is 1.46. The van der Waals surface area contributed by atoms with E-state index in [2.05, 4.69) is 22.4 Å². The fourth-order valence-corrected chi connectivity index (χ4v) is 6.63. The zero-order valence-electron chi connectivity index (χ0n) is 16.8. The number of aromatic nitrogens is 1. The summed E-state index contributed by atoms with van der Waals surface area (Å²) in [6.07, 6.45) is 3.07. The van der Waals surface area contributed by atoms with Gasteiger partial charge in [0.15, 0.2) is 0 Å². The lowest BCUT2D eigenvalue weighted by Gasteiger charge is -2.37. The molecule has 2 aliphatic rings. The van der Waals surface area contributed by atoms with Crippen LogP contribution in [0.1, 0.15) is 28.9 Å². The van der Waals surface area contributed by atoms with E-state index in [1.807, 2.05) is 18.2 Å². The third kappa shape index (κ3) is 4.44. The summed E-state index contributed by atoms with van der Waals surface area (Å²) in [7, 11) is -3.57. The van der Waals surface area contributed by atoms with Crippen LogP contribution < -0.4 is 5.32 Å². The fraction of sp³-hybridized carbons (Fsp3) is 0.476. The lowest BCUT2D eigenvalue weighted by atomic mass is 9.74. The Labute approximate surface area is 181 Å². The van der Waals surface area contributed by atoms with Crippen molar-refractivity contribution in [1.29, 1.82) is 0 Å². The van der Waals surface area contributed by atoms with Crippen LogP contribution in [0.5, 0.6) is 0 Å². The molecule has 2 saturated heterocycles. The Bertz CT molecular complexity index is 963. The zero-order chi connectivity index (χ0) is 21.0. The van der Waals surface area contributed by atoms with Crippen molar-refractivity contribution in [3.05, 3.63) is 53.9 Å². The van der Waals surface area contributed by atoms with E-state index < -0.39 is 10.0 Å². The predicted octanol–water partition coefficient (Wildman–Crippen LogP) is 2.23. The van der Waals surface area contributed by atoms with Gasteiger partial charge in [-0.2, -0.15) is 16.1 Å². The largest absolute Gasteiger partial charge is 0.381 e. The maximum absolute atomic E-state index is 12.8. The van der Waals surface area contributed by atoms with Gasteiger partial charge in [0, 0.05) is 56.0 Å². The Hall–Kier alpha value is -1.81. The highest BCUT2D eigenvalue weighted by Gasteiger charge is 2.35. The minimum Gasteiger partial charge on any atom is -0.381 e. The molecule has 7 nitrogen and oxygen atoms in total. The second-order valence-electron chi connectivity index (χ2n) is 7.71. The van der Waals surface area contributed by atoms with Crippen molar-refractivity contribution >= 4 is 27.7 Å². The molecule has 0 saturated carbocycles. The third-order valence-corrected chi connectivity index (χ3v) is 8.75. The number of benzene rings is 1. The van der Waals surface area contributed by atoms with Gasteiger partial charge in [-0.15, -0.1) is 0 Å². The molecular formula is C21H27N3O4S2. The molecule has 162 valence electrons. The second kappa shape index (κ2) is 9.13. The molecule has 0 aliphatic carbocycles. The van der Waals surface area contributed by atoms with Crippen LogP contribution >= 0.6 is 11.8 Å². The summed E-state index contributed by atoms with van der Waals surface area (Å²) in [6, 6.07) is 11.6. The van der Waals surface area contributed by atoms with Crippen molar-refractivity contribution in [3.63, 3.8) is 0 Å². The van der Waals surface area contributed by atoms with Gasteiger partial charge >= 0.3 is 0 Å². The summed E-state index contributed by atoms with van der Waals surface area (Å²) >= 11 is 1.75. The van der Waals surface area contributed by atoms with Gasteiger partial charge in [0.2, 0.25) is 10.0 Å². The van der Waals surface area contributed by atoms with Gasteiger partial charge in [-0.25, -0.2) is 8.42 Å². The molecule has 2 fully saturated rings. The van der Waals surface area contributed by atoms with Crippen molar-refractivity contribution in [3.8, 4) is 0 Å². The lowest BCUT2D eigenvalue weighted by Crippen LogP contribution is -2.44. The number of carbonyl (C=O) groups is 1. The number of aromatic amines is 1. The average molecular weight is 450 g/mol. The minimum absolute atomic E-state index is 0.142. The molecule has 1 aromatic carbocycles. The molecule has 0 radical (unpaired) electrons. The first-order valence-electron chi connectivity index (χ1n) is 10.2. The molecule has 3 heterocycles. The number of H-pyrrole nitrogens is 1. The number of carbonyl (C=O) groups excluding carboxylic acids is 1. The highest BCUT2D eigenvalue weighted by molar-refractivity contribution is 7.99. The topological polar surface area (TPSA) is 91.5 Å². The maximum Gasteiger partial charge on any atom is 0.267 e. The molecule has 0 spiro atoms. The monoisotopic (exact) mass is 449 g/mol. The van der Waals surface area contributed by atoms with Crippen molar-refractivity contribution in [2.45, 2.75) is 23.2 Å². The number of amides is 1. The van der Waals surface area contributed by atoms with Gasteiger partial charge < -0.3 is 15.0 Å². The van der Waals surface area contributed by atoms with Crippen LogP contribution in [0.25, 0.3) is 0 Å². The molecule has 2 aromatic rings. The molecular weight excluding hydrogens is 422 g/mol.